The Balaban J connectivity index is 2.18. The number of rotatable bonds is 20. The molecule has 18 nitrogen and oxygen atoms in total. The molecule has 2 rings (SSSR count). The molecular weight excluding hydrogens is 600 g/mol. The van der Waals surface area contributed by atoms with Crippen LogP contribution in [0.2, 0.25) is 0 Å². The first-order chi connectivity index (χ1) is 21.8. The minimum absolute atomic E-state index is 0.00185. The molecule has 17 N–H and O–H groups in total. The first-order valence-electron chi connectivity index (χ1n) is 14.6. The third kappa shape index (κ3) is 12.7. The number of para-hydroxylation sites is 1. The first-order valence-corrected chi connectivity index (χ1v) is 14.6. The van der Waals surface area contributed by atoms with Crippen molar-refractivity contribution in [2.45, 2.75) is 69.1 Å². The summed E-state index contributed by atoms with van der Waals surface area (Å²) in [5.74, 6) is -4.63. The minimum Gasteiger partial charge on any atom is -0.480 e. The van der Waals surface area contributed by atoms with Gasteiger partial charge in [-0.05, 0) is 50.2 Å². The highest BCUT2D eigenvalue weighted by Crippen LogP contribution is 2.19. The number of nitrogens with two attached hydrogens (primary N) is 6. The lowest BCUT2D eigenvalue weighted by Crippen LogP contribution is -2.57. The van der Waals surface area contributed by atoms with Gasteiger partial charge in [0.15, 0.2) is 11.9 Å². The standard InChI is InChI=1S/C28H44N12O6/c29-17(13-15-14-37-18-6-2-1-5-16(15)18)23(42)38-20(9-10-22(30)41)25(44)39-19(7-3-11-35-27(31)32)24(43)40-21(26(45)46)8-4-12-36-28(33)34/h1-2,5-6,14,17,19-21,37H,3-4,7-13,29H2,(H2,30,41)(H,38,42)(H,39,44)(H,40,43)(H,45,46)(H4,31,32,35)(H4,33,34,36). The number of H-pyrrole nitrogens is 1. The molecule has 0 aliphatic carbocycles. The number of carbonyl (C=O) groups excluding carboxylic acids is 4. The van der Waals surface area contributed by atoms with Gasteiger partial charge in [-0.2, -0.15) is 0 Å². The quantitative estimate of drug-likeness (QED) is 0.0390. The molecule has 1 aromatic carbocycles. The molecule has 0 fully saturated rings. The third-order valence-electron chi connectivity index (χ3n) is 6.90. The van der Waals surface area contributed by atoms with Gasteiger partial charge >= 0.3 is 5.97 Å². The number of nitrogens with zero attached hydrogens (tertiary/aromatic N) is 2. The highest BCUT2D eigenvalue weighted by molar-refractivity contribution is 5.94. The van der Waals surface area contributed by atoms with Crippen LogP contribution < -0.4 is 50.4 Å². The second-order valence-electron chi connectivity index (χ2n) is 10.6. The highest BCUT2D eigenvalue weighted by atomic mass is 16.4. The number of hydrogen-bond donors (Lipinski definition) is 11. The van der Waals surface area contributed by atoms with Gasteiger partial charge in [0.25, 0.3) is 0 Å². The molecule has 0 saturated heterocycles. The number of aromatic nitrogens is 1. The number of carbonyl (C=O) groups is 5. The van der Waals surface area contributed by atoms with Gasteiger partial charge in [0.1, 0.15) is 18.1 Å². The average molecular weight is 645 g/mol. The summed E-state index contributed by atoms with van der Waals surface area (Å²) in [4.78, 5) is 73.9. The summed E-state index contributed by atoms with van der Waals surface area (Å²) in [6.07, 6.45) is 1.93. The number of carboxylic acids is 1. The van der Waals surface area contributed by atoms with Crippen LogP contribution in [0.25, 0.3) is 10.9 Å². The van der Waals surface area contributed by atoms with E-state index in [-0.39, 0.29) is 70.0 Å². The zero-order valence-corrected chi connectivity index (χ0v) is 25.4. The number of aliphatic carboxylic acids is 1. The molecule has 0 radical (unpaired) electrons. The van der Waals surface area contributed by atoms with Gasteiger partial charge in [-0.1, -0.05) is 18.2 Å². The van der Waals surface area contributed by atoms with Crippen LogP contribution in [0.5, 0.6) is 0 Å². The van der Waals surface area contributed by atoms with E-state index in [4.69, 9.17) is 34.4 Å². The van der Waals surface area contributed by atoms with E-state index in [1.165, 1.54) is 0 Å². The number of aliphatic imine (C=N–C) groups is 2. The van der Waals surface area contributed by atoms with Crippen molar-refractivity contribution in [3.63, 3.8) is 0 Å². The Morgan fingerprint density at radius 3 is 1.85 bits per heavy atom. The Kier molecular flexibility index (Phi) is 14.7. The van der Waals surface area contributed by atoms with E-state index in [9.17, 15) is 29.1 Å². The van der Waals surface area contributed by atoms with Gasteiger partial charge in [0, 0.05) is 36.6 Å². The van der Waals surface area contributed by atoms with Crippen LogP contribution in [0.1, 0.15) is 44.1 Å². The Labute approximate surface area is 265 Å². The minimum atomic E-state index is -1.31. The number of primary amides is 1. The Hall–Kier alpha value is -5.39. The number of guanidine groups is 2. The second kappa shape index (κ2) is 18.4. The SMILES string of the molecule is NC(=O)CCC(NC(=O)C(N)Cc1c[nH]c2ccccc12)C(=O)NC(CCCN=C(N)N)C(=O)NC(CCCN=C(N)N)C(=O)O. The fraction of sp³-hybridized carbons (Fsp3) is 0.464. The van der Waals surface area contributed by atoms with Crippen molar-refractivity contribution in [3.05, 3.63) is 36.0 Å². The van der Waals surface area contributed by atoms with Crippen LogP contribution in [-0.4, -0.2) is 88.9 Å². The van der Waals surface area contributed by atoms with E-state index in [0.717, 1.165) is 16.5 Å². The van der Waals surface area contributed by atoms with Crippen molar-refractivity contribution in [3.8, 4) is 0 Å². The molecule has 4 unspecified atom stereocenters. The zero-order valence-electron chi connectivity index (χ0n) is 25.4. The summed E-state index contributed by atoms with van der Waals surface area (Å²) in [5, 5.41) is 18.0. The van der Waals surface area contributed by atoms with Crippen LogP contribution in [0, 0.1) is 0 Å². The van der Waals surface area contributed by atoms with Crippen LogP contribution in [-0.2, 0) is 30.4 Å². The number of aromatic amines is 1. The predicted molar refractivity (Wildman–Crippen MR) is 172 cm³/mol. The summed E-state index contributed by atoms with van der Waals surface area (Å²) in [7, 11) is 0. The van der Waals surface area contributed by atoms with Gasteiger partial charge in [-0.25, -0.2) is 4.79 Å². The molecule has 1 aromatic heterocycles. The molecule has 46 heavy (non-hydrogen) atoms. The topological polar surface area (TPSA) is 338 Å². The summed E-state index contributed by atoms with van der Waals surface area (Å²) < 4.78 is 0. The number of hydrogen-bond acceptors (Lipinski definition) is 8. The maximum Gasteiger partial charge on any atom is 0.326 e. The summed E-state index contributed by atoms with van der Waals surface area (Å²) in [6.45, 7) is 0.262. The average Bonchev–Trinajstić information content (AvgIpc) is 3.39. The molecule has 0 bridgehead atoms. The van der Waals surface area contributed by atoms with Crippen molar-refractivity contribution in [2.75, 3.05) is 13.1 Å². The van der Waals surface area contributed by atoms with Gasteiger partial charge in [-0.15, -0.1) is 0 Å². The van der Waals surface area contributed by atoms with E-state index in [1.807, 2.05) is 24.3 Å². The first kappa shape index (κ1) is 36.8. The lowest BCUT2D eigenvalue weighted by Gasteiger charge is -2.25. The summed E-state index contributed by atoms with van der Waals surface area (Å²) in [6, 6.07) is 2.55. The highest BCUT2D eigenvalue weighted by Gasteiger charge is 2.30. The van der Waals surface area contributed by atoms with Gasteiger partial charge in [0.2, 0.25) is 23.6 Å². The van der Waals surface area contributed by atoms with E-state index in [0.29, 0.717) is 0 Å². The number of nitrogens with one attached hydrogen (secondary N) is 4. The van der Waals surface area contributed by atoms with Crippen molar-refractivity contribution in [1.82, 2.24) is 20.9 Å². The Bertz CT molecular complexity index is 1420. The molecule has 0 aliphatic rings. The number of amides is 4. The lowest BCUT2D eigenvalue weighted by molar-refractivity contribution is -0.142. The van der Waals surface area contributed by atoms with E-state index in [1.54, 1.807) is 6.20 Å². The fourth-order valence-corrected chi connectivity index (χ4v) is 4.54. The maximum atomic E-state index is 13.4. The zero-order chi connectivity index (χ0) is 34.2. The van der Waals surface area contributed by atoms with Gasteiger partial charge < -0.3 is 60.4 Å². The third-order valence-corrected chi connectivity index (χ3v) is 6.90. The van der Waals surface area contributed by atoms with Crippen LogP contribution >= 0.6 is 0 Å². The van der Waals surface area contributed by atoms with Crippen molar-refractivity contribution in [2.24, 2.45) is 44.4 Å². The largest absolute Gasteiger partial charge is 0.480 e. The molecule has 2 aromatic rings. The number of carboxylic acid groups (broad SMARTS) is 1. The molecule has 18 heteroatoms. The second-order valence-corrected chi connectivity index (χ2v) is 10.6. The normalized spacial score (nSPS) is 13.4. The smallest absolute Gasteiger partial charge is 0.326 e. The van der Waals surface area contributed by atoms with Crippen LogP contribution in [0.4, 0.5) is 0 Å². The number of benzene rings is 1. The van der Waals surface area contributed by atoms with Gasteiger partial charge in [-0.3, -0.25) is 29.2 Å². The Morgan fingerprint density at radius 1 is 0.761 bits per heavy atom. The van der Waals surface area contributed by atoms with E-state index >= 15 is 0 Å². The predicted octanol–water partition coefficient (Wildman–Crippen LogP) is -3.05. The Morgan fingerprint density at radius 2 is 1.28 bits per heavy atom. The molecule has 4 amide bonds. The van der Waals surface area contributed by atoms with E-state index in [2.05, 4.69) is 30.9 Å². The summed E-state index contributed by atoms with van der Waals surface area (Å²) in [5.41, 5.74) is 34.4. The number of fused-ring (bicyclic) bond motifs is 1. The van der Waals surface area contributed by atoms with Crippen molar-refractivity contribution in [1.29, 1.82) is 0 Å². The molecule has 1 heterocycles. The maximum absolute atomic E-state index is 13.4. The molecule has 252 valence electrons. The molecule has 4 atom stereocenters. The molecular formula is C28H44N12O6. The van der Waals surface area contributed by atoms with Crippen LogP contribution in [0.3, 0.4) is 0 Å². The summed E-state index contributed by atoms with van der Waals surface area (Å²) >= 11 is 0. The molecule has 0 spiro atoms. The van der Waals surface area contributed by atoms with E-state index < -0.39 is 53.8 Å². The van der Waals surface area contributed by atoms with Crippen LogP contribution in [0.15, 0.2) is 40.4 Å². The van der Waals surface area contributed by atoms with Gasteiger partial charge in [0.05, 0.1) is 6.04 Å². The lowest BCUT2D eigenvalue weighted by atomic mass is 10.0. The molecule has 0 aliphatic heterocycles. The van der Waals surface area contributed by atoms with Crippen molar-refractivity contribution >= 4 is 52.4 Å². The fourth-order valence-electron chi connectivity index (χ4n) is 4.54. The monoisotopic (exact) mass is 644 g/mol. The molecule has 0 saturated carbocycles. The van der Waals surface area contributed by atoms with Crippen molar-refractivity contribution < 1.29 is 29.1 Å².